The van der Waals surface area contributed by atoms with Gasteiger partial charge in [0.15, 0.2) is 5.82 Å². The number of aromatic nitrogens is 3. The largest absolute Gasteiger partial charge is 0.334 e. The first-order valence-corrected chi connectivity index (χ1v) is 7.88. The molecule has 6 heteroatoms. The lowest BCUT2D eigenvalue weighted by atomic mass is 10.1. The first-order chi connectivity index (χ1) is 12.1. The quantitative estimate of drug-likeness (QED) is 0.623. The maximum absolute atomic E-state index is 12.2. The van der Waals surface area contributed by atoms with Crippen molar-refractivity contribution in [2.24, 2.45) is 12.8 Å². The maximum Gasteiger partial charge on any atom is 0.258 e. The Hall–Kier alpha value is -3.25. The van der Waals surface area contributed by atoms with E-state index < -0.39 is 6.04 Å². The molecule has 0 spiro atoms. The molecular weight excluding hydrogens is 316 g/mol. The summed E-state index contributed by atoms with van der Waals surface area (Å²) in [5.74, 6) is 0.668. The molecule has 2 N–H and O–H groups in total. The van der Waals surface area contributed by atoms with E-state index >= 15 is 0 Å². The average Bonchev–Trinajstić information content (AvgIpc) is 3.15. The number of para-hydroxylation sites is 1. The van der Waals surface area contributed by atoms with Crippen LogP contribution < -0.4 is 11.3 Å². The van der Waals surface area contributed by atoms with Crippen LogP contribution in [0, 0.1) is 0 Å². The number of fused-ring (bicyclic) bond motifs is 1. The summed E-state index contributed by atoms with van der Waals surface area (Å²) in [5.41, 5.74) is 8.39. The number of nitrogens with two attached hydrogens (primary N) is 1. The van der Waals surface area contributed by atoms with Crippen molar-refractivity contribution >= 4 is 10.9 Å². The monoisotopic (exact) mass is 332 g/mol. The van der Waals surface area contributed by atoms with Gasteiger partial charge in [-0.3, -0.25) is 4.79 Å². The SMILES string of the molecule is Cn1c(=O)cc(-c2nc(C(N)c3ccccc3)no2)c2ccccc21. The van der Waals surface area contributed by atoms with Crippen LogP contribution in [-0.2, 0) is 7.05 Å². The van der Waals surface area contributed by atoms with Crippen molar-refractivity contribution < 1.29 is 4.52 Å². The molecule has 0 saturated carbocycles. The minimum atomic E-state index is -0.489. The van der Waals surface area contributed by atoms with Gasteiger partial charge < -0.3 is 14.8 Å². The molecule has 6 nitrogen and oxygen atoms in total. The molecule has 0 aliphatic rings. The smallest absolute Gasteiger partial charge is 0.258 e. The fourth-order valence-corrected chi connectivity index (χ4v) is 2.87. The number of rotatable bonds is 3. The summed E-state index contributed by atoms with van der Waals surface area (Å²) in [7, 11) is 1.74. The van der Waals surface area contributed by atoms with Gasteiger partial charge in [-0.25, -0.2) is 0 Å². The predicted octanol–water partition coefficient (Wildman–Crippen LogP) is 2.64. The van der Waals surface area contributed by atoms with Crippen molar-refractivity contribution in [2.45, 2.75) is 6.04 Å². The second-order valence-electron chi connectivity index (χ2n) is 5.82. The van der Waals surface area contributed by atoms with Gasteiger partial charge in [0.2, 0.25) is 0 Å². The first-order valence-electron chi connectivity index (χ1n) is 7.88. The zero-order valence-electron chi connectivity index (χ0n) is 13.6. The van der Waals surface area contributed by atoms with Gasteiger partial charge in [-0.05, 0) is 11.6 Å². The standard InChI is InChI=1S/C19H16N4O2/c1-23-15-10-6-5-9-13(15)14(11-16(23)24)19-21-18(22-25-19)17(20)12-7-3-2-4-8-12/h2-11,17H,20H2,1H3. The molecule has 0 bridgehead atoms. The zero-order chi connectivity index (χ0) is 17.4. The summed E-state index contributed by atoms with van der Waals surface area (Å²) in [5, 5.41) is 4.88. The van der Waals surface area contributed by atoms with Crippen molar-refractivity contribution in [3.05, 3.63) is 82.4 Å². The summed E-state index contributed by atoms with van der Waals surface area (Å²) < 4.78 is 7.00. The molecule has 0 radical (unpaired) electrons. The highest BCUT2D eigenvalue weighted by atomic mass is 16.5. The van der Waals surface area contributed by atoms with E-state index in [1.54, 1.807) is 11.6 Å². The summed E-state index contributed by atoms with van der Waals surface area (Å²) in [4.78, 5) is 16.7. The van der Waals surface area contributed by atoms with Crippen LogP contribution in [0.5, 0.6) is 0 Å². The van der Waals surface area contributed by atoms with Crippen LogP contribution >= 0.6 is 0 Å². The van der Waals surface area contributed by atoms with Crippen LogP contribution in [0.25, 0.3) is 22.4 Å². The van der Waals surface area contributed by atoms with Crippen LogP contribution in [0.3, 0.4) is 0 Å². The molecule has 0 amide bonds. The van der Waals surface area contributed by atoms with Crippen molar-refractivity contribution in [2.75, 3.05) is 0 Å². The molecule has 0 saturated heterocycles. The van der Waals surface area contributed by atoms with E-state index in [-0.39, 0.29) is 11.4 Å². The van der Waals surface area contributed by atoms with E-state index in [4.69, 9.17) is 10.3 Å². The van der Waals surface area contributed by atoms with Crippen molar-refractivity contribution in [1.82, 2.24) is 14.7 Å². The van der Waals surface area contributed by atoms with Gasteiger partial charge in [-0.15, -0.1) is 0 Å². The summed E-state index contributed by atoms with van der Waals surface area (Å²) in [6.45, 7) is 0. The highest BCUT2D eigenvalue weighted by molar-refractivity contribution is 5.92. The summed E-state index contributed by atoms with van der Waals surface area (Å²) >= 11 is 0. The highest BCUT2D eigenvalue weighted by Crippen LogP contribution is 2.27. The molecule has 0 aliphatic carbocycles. The number of hydrogen-bond donors (Lipinski definition) is 1. The lowest BCUT2D eigenvalue weighted by Crippen LogP contribution is -2.16. The normalized spacial score (nSPS) is 12.4. The molecule has 25 heavy (non-hydrogen) atoms. The van der Waals surface area contributed by atoms with Crippen molar-refractivity contribution in [3.8, 4) is 11.5 Å². The van der Waals surface area contributed by atoms with Crippen LogP contribution in [-0.4, -0.2) is 14.7 Å². The van der Waals surface area contributed by atoms with E-state index in [1.807, 2.05) is 54.6 Å². The minimum Gasteiger partial charge on any atom is -0.334 e. The van der Waals surface area contributed by atoms with Gasteiger partial charge in [0.25, 0.3) is 11.4 Å². The number of nitrogens with zero attached hydrogens (tertiary/aromatic N) is 3. The molecule has 4 aromatic rings. The van der Waals surface area contributed by atoms with Crippen molar-refractivity contribution in [3.63, 3.8) is 0 Å². The average molecular weight is 332 g/mol. The van der Waals surface area contributed by atoms with Crippen LogP contribution in [0.1, 0.15) is 17.4 Å². The second kappa shape index (κ2) is 5.99. The first kappa shape index (κ1) is 15.3. The Kier molecular flexibility index (Phi) is 3.66. The fraction of sp³-hybridized carbons (Fsp3) is 0.105. The van der Waals surface area contributed by atoms with E-state index in [1.165, 1.54) is 6.07 Å². The van der Waals surface area contributed by atoms with E-state index in [0.29, 0.717) is 11.4 Å². The Balaban J connectivity index is 1.83. The Bertz CT molecular complexity index is 1100. The number of hydrogen-bond acceptors (Lipinski definition) is 5. The van der Waals surface area contributed by atoms with Gasteiger partial charge in [-0.1, -0.05) is 53.7 Å². The minimum absolute atomic E-state index is 0.138. The third kappa shape index (κ3) is 2.62. The Morgan fingerprint density at radius 3 is 2.60 bits per heavy atom. The van der Waals surface area contributed by atoms with Crippen molar-refractivity contribution in [1.29, 1.82) is 0 Å². The zero-order valence-corrected chi connectivity index (χ0v) is 13.6. The van der Waals surface area contributed by atoms with Crippen LogP contribution in [0.15, 0.2) is 70.0 Å². The van der Waals surface area contributed by atoms with Crippen LogP contribution in [0.4, 0.5) is 0 Å². The Labute approximate surface area is 143 Å². The van der Waals surface area contributed by atoms with E-state index in [0.717, 1.165) is 16.5 Å². The molecule has 2 aromatic heterocycles. The summed E-state index contributed by atoms with van der Waals surface area (Å²) in [6, 6.07) is 18.2. The Morgan fingerprint density at radius 2 is 1.80 bits per heavy atom. The molecule has 1 atom stereocenters. The number of benzene rings is 2. The lowest BCUT2D eigenvalue weighted by molar-refractivity contribution is 0.420. The number of pyridine rings is 1. The van der Waals surface area contributed by atoms with Gasteiger partial charge in [0, 0.05) is 18.5 Å². The van der Waals surface area contributed by atoms with E-state index in [9.17, 15) is 4.79 Å². The highest BCUT2D eigenvalue weighted by Gasteiger charge is 2.19. The fourth-order valence-electron chi connectivity index (χ4n) is 2.87. The Morgan fingerprint density at radius 1 is 1.08 bits per heavy atom. The van der Waals surface area contributed by atoms with Gasteiger partial charge in [0.05, 0.1) is 17.1 Å². The van der Waals surface area contributed by atoms with Gasteiger partial charge >= 0.3 is 0 Å². The second-order valence-corrected chi connectivity index (χ2v) is 5.82. The maximum atomic E-state index is 12.2. The lowest BCUT2D eigenvalue weighted by Gasteiger charge is -2.07. The topological polar surface area (TPSA) is 86.9 Å². The molecule has 0 fully saturated rings. The molecule has 4 rings (SSSR count). The molecule has 0 aliphatic heterocycles. The predicted molar refractivity (Wildman–Crippen MR) is 95.0 cm³/mol. The van der Waals surface area contributed by atoms with Crippen LogP contribution in [0.2, 0.25) is 0 Å². The molecule has 1 unspecified atom stereocenters. The molecular formula is C19H16N4O2. The van der Waals surface area contributed by atoms with Gasteiger partial charge in [-0.2, -0.15) is 4.98 Å². The van der Waals surface area contributed by atoms with E-state index in [2.05, 4.69) is 10.1 Å². The molecule has 2 aromatic carbocycles. The van der Waals surface area contributed by atoms with Gasteiger partial charge in [0.1, 0.15) is 0 Å². The third-order valence-corrected chi connectivity index (χ3v) is 4.26. The number of aryl methyl sites for hydroxylation is 1. The molecule has 124 valence electrons. The third-order valence-electron chi connectivity index (χ3n) is 4.26. The summed E-state index contributed by atoms with van der Waals surface area (Å²) in [6.07, 6.45) is 0. The molecule has 2 heterocycles.